The van der Waals surface area contributed by atoms with E-state index in [0.717, 1.165) is 12.8 Å². The highest BCUT2D eigenvalue weighted by Gasteiger charge is 1.98. The third-order valence-electron chi connectivity index (χ3n) is 1.38. The lowest BCUT2D eigenvalue weighted by molar-refractivity contribution is -0.121. The zero-order valence-electron chi connectivity index (χ0n) is 7.11. The summed E-state index contributed by atoms with van der Waals surface area (Å²) in [6.07, 6.45) is 7.91. The van der Waals surface area contributed by atoms with Gasteiger partial charge in [-0.3, -0.25) is 4.79 Å². The van der Waals surface area contributed by atoms with Crippen LogP contribution in [0.4, 0.5) is 0 Å². The van der Waals surface area contributed by atoms with Gasteiger partial charge in [-0.05, 0) is 12.8 Å². The maximum absolute atomic E-state index is 11.0. The molecule has 0 aliphatic heterocycles. The number of hydrogen-bond acceptors (Lipinski definition) is 1. The van der Waals surface area contributed by atoms with Crippen LogP contribution in [0.3, 0.4) is 0 Å². The van der Waals surface area contributed by atoms with Crippen molar-refractivity contribution in [2.24, 2.45) is 0 Å². The smallest absolute Gasteiger partial charge is 0.220 e. The summed E-state index contributed by atoms with van der Waals surface area (Å²) < 4.78 is 0. The van der Waals surface area contributed by atoms with Crippen LogP contribution in [0, 0.1) is 12.3 Å². The van der Waals surface area contributed by atoms with Crippen LogP contribution in [-0.4, -0.2) is 18.3 Å². The zero-order chi connectivity index (χ0) is 9.23. The van der Waals surface area contributed by atoms with Crippen molar-refractivity contribution in [3.63, 3.8) is 0 Å². The molecule has 0 atom stereocenters. The molecule has 0 rings (SSSR count). The van der Waals surface area contributed by atoms with E-state index in [0.29, 0.717) is 25.3 Å². The Balaban J connectivity index is 3.17. The summed E-state index contributed by atoms with van der Waals surface area (Å²) >= 11 is 5.45. The Morgan fingerprint density at radius 1 is 1.50 bits per heavy atom. The first-order valence-corrected chi connectivity index (χ1v) is 4.61. The SMILES string of the molecule is C#CCCNC(=O)CCCCCl. The monoisotopic (exact) mass is 187 g/mol. The maximum atomic E-state index is 11.0. The average molecular weight is 188 g/mol. The van der Waals surface area contributed by atoms with Gasteiger partial charge in [-0.15, -0.1) is 23.9 Å². The van der Waals surface area contributed by atoms with Gasteiger partial charge in [-0.2, -0.15) is 0 Å². The molecule has 0 unspecified atom stereocenters. The number of terminal acetylenes is 1. The number of amides is 1. The van der Waals surface area contributed by atoms with Crippen LogP contribution in [0.2, 0.25) is 0 Å². The third-order valence-corrected chi connectivity index (χ3v) is 1.65. The van der Waals surface area contributed by atoms with E-state index < -0.39 is 0 Å². The number of unbranched alkanes of at least 4 members (excludes halogenated alkanes) is 1. The fourth-order valence-electron chi connectivity index (χ4n) is 0.743. The van der Waals surface area contributed by atoms with Gasteiger partial charge in [0.15, 0.2) is 0 Å². The lowest BCUT2D eigenvalue weighted by Gasteiger charge is -2.01. The molecule has 0 fully saturated rings. The molecule has 12 heavy (non-hydrogen) atoms. The van der Waals surface area contributed by atoms with Crippen molar-refractivity contribution >= 4 is 17.5 Å². The number of alkyl halides is 1. The second-order valence-electron chi connectivity index (χ2n) is 2.45. The van der Waals surface area contributed by atoms with E-state index in [1.807, 2.05) is 0 Å². The van der Waals surface area contributed by atoms with E-state index in [9.17, 15) is 4.79 Å². The van der Waals surface area contributed by atoms with Gasteiger partial charge in [0.2, 0.25) is 5.91 Å². The fraction of sp³-hybridized carbons (Fsp3) is 0.667. The van der Waals surface area contributed by atoms with Gasteiger partial charge in [0, 0.05) is 25.3 Å². The molecule has 1 N–H and O–H groups in total. The van der Waals surface area contributed by atoms with Gasteiger partial charge in [0.25, 0.3) is 0 Å². The molecule has 0 bridgehead atoms. The van der Waals surface area contributed by atoms with Crippen LogP contribution >= 0.6 is 11.6 Å². The number of carbonyl (C=O) groups excluding carboxylic acids is 1. The van der Waals surface area contributed by atoms with Crippen LogP contribution in [-0.2, 0) is 4.79 Å². The Hall–Kier alpha value is -0.680. The summed E-state index contributed by atoms with van der Waals surface area (Å²) in [4.78, 5) is 11.0. The van der Waals surface area contributed by atoms with Crippen LogP contribution in [0.15, 0.2) is 0 Å². The van der Waals surface area contributed by atoms with Crippen molar-refractivity contribution < 1.29 is 4.79 Å². The lowest BCUT2D eigenvalue weighted by Crippen LogP contribution is -2.23. The van der Waals surface area contributed by atoms with Gasteiger partial charge in [0.05, 0.1) is 0 Å². The lowest BCUT2D eigenvalue weighted by atomic mass is 10.2. The first-order chi connectivity index (χ1) is 5.81. The van der Waals surface area contributed by atoms with Crippen LogP contribution < -0.4 is 5.32 Å². The minimum atomic E-state index is 0.0652. The van der Waals surface area contributed by atoms with E-state index in [1.165, 1.54) is 0 Å². The summed E-state index contributed by atoms with van der Waals surface area (Å²) in [5.41, 5.74) is 0. The molecule has 3 heteroatoms. The second kappa shape index (κ2) is 8.42. The van der Waals surface area contributed by atoms with Crippen molar-refractivity contribution in [2.45, 2.75) is 25.7 Å². The molecular weight excluding hydrogens is 174 g/mol. The maximum Gasteiger partial charge on any atom is 0.220 e. The fourth-order valence-corrected chi connectivity index (χ4v) is 0.932. The third kappa shape index (κ3) is 7.43. The van der Waals surface area contributed by atoms with E-state index in [-0.39, 0.29) is 5.91 Å². The number of halogens is 1. The normalized spacial score (nSPS) is 9.00. The van der Waals surface area contributed by atoms with Crippen LogP contribution in [0.25, 0.3) is 0 Å². The van der Waals surface area contributed by atoms with Gasteiger partial charge < -0.3 is 5.32 Å². The first-order valence-electron chi connectivity index (χ1n) is 4.07. The molecular formula is C9H14ClNO. The van der Waals surface area contributed by atoms with Gasteiger partial charge in [0.1, 0.15) is 0 Å². The molecule has 0 aliphatic rings. The zero-order valence-corrected chi connectivity index (χ0v) is 7.86. The van der Waals surface area contributed by atoms with Crippen molar-refractivity contribution in [1.29, 1.82) is 0 Å². The van der Waals surface area contributed by atoms with E-state index in [4.69, 9.17) is 18.0 Å². The van der Waals surface area contributed by atoms with Crippen LogP contribution in [0.5, 0.6) is 0 Å². The summed E-state index contributed by atoms with van der Waals surface area (Å²) in [7, 11) is 0. The predicted octanol–water partition coefficient (Wildman–Crippen LogP) is 1.53. The number of carbonyl (C=O) groups is 1. The molecule has 0 aromatic carbocycles. The number of hydrogen-bond donors (Lipinski definition) is 1. The summed E-state index contributed by atoms with van der Waals surface area (Å²) in [5.74, 6) is 3.14. The highest BCUT2D eigenvalue weighted by Crippen LogP contribution is 1.96. The Labute approximate surface area is 78.7 Å². The number of rotatable bonds is 6. The molecule has 0 aromatic heterocycles. The van der Waals surface area contributed by atoms with Gasteiger partial charge in [-0.25, -0.2) is 0 Å². The minimum absolute atomic E-state index is 0.0652. The number of nitrogens with one attached hydrogen (secondary N) is 1. The average Bonchev–Trinajstić information content (AvgIpc) is 2.06. The Morgan fingerprint density at radius 2 is 2.25 bits per heavy atom. The molecule has 0 radical (unpaired) electrons. The Bertz CT molecular complexity index is 162. The Morgan fingerprint density at radius 3 is 2.83 bits per heavy atom. The molecule has 0 heterocycles. The Kier molecular flexibility index (Phi) is 7.94. The standard InChI is InChI=1S/C9H14ClNO/c1-2-3-8-11-9(12)6-4-5-7-10/h1H,3-8H2,(H,11,12). The molecule has 0 aliphatic carbocycles. The van der Waals surface area contributed by atoms with Crippen molar-refractivity contribution in [2.75, 3.05) is 12.4 Å². The molecule has 0 spiro atoms. The van der Waals surface area contributed by atoms with Crippen molar-refractivity contribution in [3.8, 4) is 12.3 Å². The highest BCUT2D eigenvalue weighted by atomic mass is 35.5. The minimum Gasteiger partial charge on any atom is -0.355 e. The highest BCUT2D eigenvalue weighted by molar-refractivity contribution is 6.17. The first kappa shape index (κ1) is 11.3. The topological polar surface area (TPSA) is 29.1 Å². The van der Waals surface area contributed by atoms with Crippen molar-refractivity contribution in [1.82, 2.24) is 5.32 Å². The van der Waals surface area contributed by atoms with Gasteiger partial charge in [-0.1, -0.05) is 0 Å². The summed E-state index contributed by atoms with van der Waals surface area (Å²) in [6, 6.07) is 0. The molecule has 68 valence electrons. The van der Waals surface area contributed by atoms with Crippen LogP contribution in [0.1, 0.15) is 25.7 Å². The second-order valence-corrected chi connectivity index (χ2v) is 2.83. The molecule has 1 amide bonds. The summed E-state index contributed by atoms with van der Waals surface area (Å²) in [5, 5.41) is 2.72. The summed E-state index contributed by atoms with van der Waals surface area (Å²) in [6.45, 7) is 0.580. The molecule has 0 saturated carbocycles. The van der Waals surface area contributed by atoms with Gasteiger partial charge >= 0.3 is 0 Å². The largest absolute Gasteiger partial charge is 0.355 e. The van der Waals surface area contributed by atoms with Crippen molar-refractivity contribution in [3.05, 3.63) is 0 Å². The predicted molar refractivity (Wildman–Crippen MR) is 51.0 cm³/mol. The molecule has 0 aromatic rings. The molecule has 0 saturated heterocycles. The van der Waals surface area contributed by atoms with E-state index in [2.05, 4.69) is 11.2 Å². The van der Waals surface area contributed by atoms with E-state index in [1.54, 1.807) is 0 Å². The van der Waals surface area contributed by atoms with E-state index >= 15 is 0 Å². The quantitative estimate of drug-likeness (QED) is 0.382. The molecule has 2 nitrogen and oxygen atoms in total.